The van der Waals surface area contributed by atoms with Gasteiger partial charge in [0, 0.05) is 7.05 Å². The maximum Gasteiger partial charge on any atom is 0.348 e. The van der Waals surface area contributed by atoms with Crippen LogP contribution in [0.15, 0.2) is 36.4 Å². The van der Waals surface area contributed by atoms with Gasteiger partial charge in [-0.3, -0.25) is 4.79 Å². The maximum atomic E-state index is 13.0. The van der Waals surface area contributed by atoms with Gasteiger partial charge < -0.3 is 9.64 Å². The molecule has 0 saturated carbocycles. The third kappa shape index (κ3) is 3.33. The first kappa shape index (κ1) is 16.2. The number of halogens is 1. The van der Waals surface area contributed by atoms with E-state index in [-0.39, 0.29) is 17.8 Å². The Bertz CT molecular complexity index is 681. The Labute approximate surface area is 132 Å². The molecule has 6 heteroatoms. The minimum absolute atomic E-state index is 0.197. The molecule has 0 saturated heterocycles. The van der Waals surface area contributed by atoms with E-state index in [1.54, 1.807) is 36.2 Å². The first-order chi connectivity index (χ1) is 10.4. The first-order valence-electron chi connectivity index (χ1n) is 6.64. The summed E-state index contributed by atoms with van der Waals surface area (Å²) < 4.78 is 17.6. The highest BCUT2D eigenvalue weighted by atomic mass is 32.1. The van der Waals surface area contributed by atoms with Crippen molar-refractivity contribution in [3.05, 3.63) is 57.5 Å². The van der Waals surface area contributed by atoms with Crippen molar-refractivity contribution in [3.63, 3.8) is 0 Å². The van der Waals surface area contributed by atoms with Crippen LogP contribution in [0, 0.1) is 5.82 Å². The van der Waals surface area contributed by atoms with Crippen LogP contribution in [0.5, 0.6) is 0 Å². The molecule has 0 aliphatic heterocycles. The highest BCUT2D eigenvalue weighted by Crippen LogP contribution is 2.24. The SMILES string of the molecule is COC(=O)c1ccc(C(=O)N(C)C(C)c2ccc(F)cc2)s1. The second-order valence-electron chi connectivity index (χ2n) is 4.80. The van der Waals surface area contributed by atoms with E-state index in [2.05, 4.69) is 4.74 Å². The van der Waals surface area contributed by atoms with Crippen molar-refractivity contribution in [2.24, 2.45) is 0 Å². The zero-order valence-corrected chi connectivity index (χ0v) is 13.3. The molecule has 0 aliphatic rings. The third-order valence-corrected chi connectivity index (χ3v) is 4.51. The Morgan fingerprint density at radius 2 is 1.73 bits per heavy atom. The maximum absolute atomic E-state index is 13.0. The van der Waals surface area contributed by atoms with Gasteiger partial charge in [0.2, 0.25) is 0 Å². The van der Waals surface area contributed by atoms with Crippen molar-refractivity contribution in [2.45, 2.75) is 13.0 Å². The van der Waals surface area contributed by atoms with Crippen molar-refractivity contribution in [1.29, 1.82) is 0 Å². The van der Waals surface area contributed by atoms with Gasteiger partial charge in [-0.1, -0.05) is 12.1 Å². The molecule has 0 aliphatic carbocycles. The summed E-state index contributed by atoms with van der Waals surface area (Å²) >= 11 is 1.09. The second kappa shape index (κ2) is 6.70. The van der Waals surface area contributed by atoms with Gasteiger partial charge in [0.1, 0.15) is 10.7 Å². The predicted octanol–water partition coefficient (Wildman–Crippen LogP) is 3.51. The van der Waals surface area contributed by atoms with E-state index in [0.29, 0.717) is 9.75 Å². The van der Waals surface area contributed by atoms with Crippen LogP contribution in [-0.4, -0.2) is 30.9 Å². The summed E-state index contributed by atoms with van der Waals surface area (Å²) in [6.45, 7) is 1.86. The summed E-state index contributed by atoms with van der Waals surface area (Å²) in [7, 11) is 2.97. The lowest BCUT2D eigenvalue weighted by Gasteiger charge is -2.24. The van der Waals surface area contributed by atoms with E-state index in [1.165, 1.54) is 19.2 Å². The van der Waals surface area contributed by atoms with Crippen LogP contribution in [-0.2, 0) is 4.74 Å². The third-order valence-electron chi connectivity index (χ3n) is 3.46. The van der Waals surface area contributed by atoms with Gasteiger partial charge in [-0.15, -0.1) is 11.3 Å². The Hall–Kier alpha value is -2.21. The van der Waals surface area contributed by atoms with Crippen LogP contribution in [0.3, 0.4) is 0 Å². The van der Waals surface area contributed by atoms with Crippen LogP contribution in [0.4, 0.5) is 4.39 Å². The quantitative estimate of drug-likeness (QED) is 0.810. The number of rotatable bonds is 4. The number of hydrogen-bond donors (Lipinski definition) is 0. The van der Waals surface area contributed by atoms with Gasteiger partial charge in [-0.2, -0.15) is 0 Å². The molecular weight excluding hydrogens is 305 g/mol. The molecule has 0 radical (unpaired) electrons. The number of benzene rings is 1. The highest BCUT2D eigenvalue weighted by molar-refractivity contribution is 7.15. The van der Waals surface area contributed by atoms with Crippen LogP contribution in [0.1, 0.15) is 37.9 Å². The molecule has 1 aromatic carbocycles. The van der Waals surface area contributed by atoms with E-state index in [9.17, 15) is 14.0 Å². The molecule has 4 nitrogen and oxygen atoms in total. The summed E-state index contributed by atoms with van der Waals surface area (Å²) in [5.74, 6) is -0.971. The summed E-state index contributed by atoms with van der Waals surface area (Å²) in [5.41, 5.74) is 0.835. The average molecular weight is 321 g/mol. The molecule has 1 atom stereocenters. The van der Waals surface area contributed by atoms with E-state index >= 15 is 0 Å². The lowest BCUT2D eigenvalue weighted by Crippen LogP contribution is -2.29. The molecule has 2 aromatic rings. The smallest absolute Gasteiger partial charge is 0.348 e. The number of esters is 1. The van der Waals surface area contributed by atoms with E-state index in [4.69, 9.17) is 0 Å². The predicted molar refractivity (Wildman–Crippen MR) is 82.6 cm³/mol. The van der Waals surface area contributed by atoms with E-state index < -0.39 is 5.97 Å². The number of amides is 1. The minimum atomic E-state index is -0.460. The normalized spacial score (nSPS) is 11.8. The fourth-order valence-electron chi connectivity index (χ4n) is 1.98. The highest BCUT2D eigenvalue weighted by Gasteiger charge is 2.21. The minimum Gasteiger partial charge on any atom is -0.465 e. The first-order valence-corrected chi connectivity index (χ1v) is 7.46. The molecule has 2 rings (SSSR count). The van der Waals surface area contributed by atoms with E-state index in [1.807, 2.05) is 6.92 Å². The summed E-state index contributed by atoms with van der Waals surface area (Å²) in [6, 6.07) is 9.00. The lowest BCUT2D eigenvalue weighted by atomic mass is 10.1. The van der Waals surface area contributed by atoms with Crippen molar-refractivity contribution in [2.75, 3.05) is 14.2 Å². The number of nitrogens with zero attached hydrogens (tertiary/aromatic N) is 1. The number of ether oxygens (including phenoxy) is 1. The van der Waals surface area contributed by atoms with Crippen LogP contribution >= 0.6 is 11.3 Å². The topological polar surface area (TPSA) is 46.6 Å². The summed E-state index contributed by atoms with van der Waals surface area (Å²) in [6.07, 6.45) is 0. The summed E-state index contributed by atoms with van der Waals surface area (Å²) in [5, 5.41) is 0. The van der Waals surface area contributed by atoms with Gasteiger partial charge in [-0.05, 0) is 36.8 Å². The molecule has 0 N–H and O–H groups in total. The van der Waals surface area contributed by atoms with Crippen LogP contribution < -0.4 is 0 Å². The average Bonchev–Trinajstić information content (AvgIpc) is 3.02. The summed E-state index contributed by atoms with van der Waals surface area (Å²) in [4.78, 5) is 26.3. The van der Waals surface area contributed by atoms with E-state index in [0.717, 1.165) is 16.9 Å². The lowest BCUT2D eigenvalue weighted by molar-refractivity contribution is 0.0606. The standard InChI is InChI=1S/C16H16FNO3S/c1-10(11-4-6-12(17)7-5-11)18(2)15(19)13-8-9-14(22-13)16(20)21-3/h4-10H,1-3H3. The van der Waals surface area contributed by atoms with Crippen molar-refractivity contribution >= 4 is 23.2 Å². The molecule has 22 heavy (non-hydrogen) atoms. The molecule has 0 fully saturated rings. The zero-order valence-electron chi connectivity index (χ0n) is 12.5. The Morgan fingerprint density at radius 3 is 2.32 bits per heavy atom. The number of carbonyl (C=O) groups excluding carboxylic acids is 2. The molecular formula is C16H16FNO3S. The van der Waals surface area contributed by atoms with Crippen LogP contribution in [0.25, 0.3) is 0 Å². The largest absolute Gasteiger partial charge is 0.465 e. The van der Waals surface area contributed by atoms with Gasteiger partial charge in [0.05, 0.1) is 18.0 Å². The monoisotopic (exact) mass is 321 g/mol. The fourth-order valence-corrected chi connectivity index (χ4v) is 2.88. The number of thiophene rings is 1. The Morgan fingerprint density at radius 1 is 1.14 bits per heavy atom. The van der Waals surface area contributed by atoms with Crippen molar-refractivity contribution < 1.29 is 18.7 Å². The molecule has 116 valence electrons. The number of hydrogen-bond acceptors (Lipinski definition) is 4. The Kier molecular flexibility index (Phi) is 4.92. The fraction of sp³-hybridized carbons (Fsp3) is 0.250. The van der Waals surface area contributed by atoms with Gasteiger partial charge >= 0.3 is 5.97 Å². The zero-order chi connectivity index (χ0) is 16.3. The second-order valence-corrected chi connectivity index (χ2v) is 5.88. The van der Waals surface area contributed by atoms with Crippen LogP contribution in [0.2, 0.25) is 0 Å². The molecule has 1 amide bonds. The number of methoxy groups -OCH3 is 1. The van der Waals surface area contributed by atoms with Gasteiger partial charge in [0.15, 0.2) is 0 Å². The molecule has 1 heterocycles. The van der Waals surface area contributed by atoms with Crippen molar-refractivity contribution in [1.82, 2.24) is 4.90 Å². The van der Waals surface area contributed by atoms with Gasteiger partial charge in [-0.25, -0.2) is 9.18 Å². The number of carbonyl (C=O) groups is 2. The Balaban J connectivity index is 2.16. The molecule has 1 unspecified atom stereocenters. The van der Waals surface area contributed by atoms with Crippen molar-refractivity contribution in [3.8, 4) is 0 Å². The van der Waals surface area contributed by atoms with Gasteiger partial charge in [0.25, 0.3) is 5.91 Å². The molecule has 0 spiro atoms. The molecule has 1 aromatic heterocycles. The molecule has 0 bridgehead atoms.